The van der Waals surface area contributed by atoms with Crippen LogP contribution in [0.4, 0.5) is 0 Å². The van der Waals surface area contributed by atoms with Gasteiger partial charge in [0.15, 0.2) is 0 Å². The van der Waals surface area contributed by atoms with Gasteiger partial charge in [0.1, 0.15) is 22.5 Å². The van der Waals surface area contributed by atoms with E-state index in [9.17, 15) is 4.79 Å². The van der Waals surface area contributed by atoms with E-state index in [2.05, 4.69) is 9.97 Å². The maximum atomic E-state index is 11.8. The smallest absolute Gasteiger partial charge is 0.270 e. The third kappa shape index (κ3) is 3.16. The highest BCUT2D eigenvalue weighted by Crippen LogP contribution is 2.16. The molecule has 4 nitrogen and oxygen atoms in total. The van der Waals surface area contributed by atoms with Crippen LogP contribution < -0.4 is 5.56 Å². The number of aromatic nitrogens is 2. The Morgan fingerprint density at radius 1 is 1.53 bits per heavy atom. The molecule has 1 aromatic carbocycles. The molecule has 19 heavy (non-hydrogen) atoms. The van der Waals surface area contributed by atoms with Gasteiger partial charge in [-0.3, -0.25) is 4.79 Å². The number of hydrogen-bond acceptors (Lipinski definition) is 4. The highest BCUT2D eigenvalue weighted by molar-refractivity contribution is 7.98. The highest BCUT2D eigenvalue weighted by Gasteiger charge is 2.10. The van der Waals surface area contributed by atoms with Crippen molar-refractivity contribution in [3.63, 3.8) is 0 Å². The average molecular weight is 292 g/mol. The van der Waals surface area contributed by atoms with Crippen molar-refractivity contribution < 1.29 is 0 Å². The van der Waals surface area contributed by atoms with Crippen molar-refractivity contribution in [1.29, 1.82) is 5.26 Å². The summed E-state index contributed by atoms with van der Waals surface area (Å²) in [5, 5.41) is 9.99. The van der Waals surface area contributed by atoms with Crippen LogP contribution in [0.5, 0.6) is 0 Å². The second kappa shape index (κ2) is 5.91. The lowest BCUT2D eigenvalue weighted by Gasteiger charge is -2.05. The lowest BCUT2D eigenvalue weighted by molar-refractivity contribution is 0.881. The van der Waals surface area contributed by atoms with E-state index in [4.69, 9.17) is 16.9 Å². The number of benzene rings is 1. The van der Waals surface area contributed by atoms with Gasteiger partial charge in [-0.25, -0.2) is 4.98 Å². The van der Waals surface area contributed by atoms with E-state index < -0.39 is 5.56 Å². The Morgan fingerprint density at radius 3 is 2.95 bits per heavy atom. The van der Waals surface area contributed by atoms with Crippen LogP contribution in [0.3, 0.4) is 0 Å². The molecule has 0 atom stereocenters. The molecule has 1 N–H and O–H groups in total. The maximum Gasteiger partial charge on any atom is 0.270 e. The number of thioether (sulfide) groups is 1. The van der Waals surface area contributed by atoms with Crippen LogP contribution in [-0.2, 0) is 6.42 Å². The van der Waals surface area contributed by atoms with Gasteiger partial charge in [-0.15, -0.1) is 11.8 Å². The summed E-state index contributed by atoms with van der Waals surface area (Å²) in [5.41, 5.74) is 0.605. The topological polar surface area (TPSA) is 69.5 Å². The predicted octanol–water partition coefficient (Wildman–Crippen LogP) is 2.61. The minimum absolute atomic E-state index is 0.0577. The molecule has 2 rings (SSSR count). The predicted molar refractivity (Wildman–Crippen MR) is 75.6 cm³/mol. The second-order valence-electron chi connectivity index (χ2n) is 3.82. The van der Waals surface area contributed by atoms with Crippen LogP contribution in [-0.4, -0.2) is 16.2 Å². The quantitative estimate of drug-likeness (QED) is 0.697. The standard InChI is InChI=1S/C13H10ClN3OS/c1-19-13-10(7-15)12(18)16-11(17-13)6-8-3-2-4-9(14)5-8/h2-5H,6H2,1H3,(H,16,17,18). The van der Waals surface area contributed by atoms with E-state index in [-0.39, 0.29) is 5.56 Å². The first kappa shape index (κ1) is 13.7. The number of H-pyrrole nitrogens is 1. The largest absolute Gasteiger partial charge is 0.309 e. The molecule has 0 radical (unpaired) electrons. The van der Waals surface area contributed by atoms with Gasteiger partial charge in [0.05, 0.1) is 0 Å². The molecule has 0 fully saturated rings. The summed E-state index contributed by atoms with van der Waals surface area (Å²) in [6.45, 7) is 0. The lowest BCUT2D eigenvalue weighted by atomic mass is 10.1. The van der Waals surface area contributed by atoms with E-state index in [0.717, 1.165) is 5.56 Å². The van der Waals surface area contributed by atoms with E-state index in [1.807, 2.05) is 24.3 Å². The number of aromatic amines is 1. The Morgan fingerprint density at radius 2 is 2.32 bits per heavy atom. The monoisotopic (exact) mass is 291 g/mol. The minimum Gasteiger partial charge on any atom is -0.309 e. The summed E-state index contributed by atoms with van der Waals surface area (Å²) in [5.74, 6) is 0.524. The summed E-state index contributed by atoms with van der Waals surface area (Å²) in [6.07, 6.45) is 2.25. The van der Waals surface area contributed by atoms with Crippen molar-refractivity contribution in [2.24, 2.45) is 0 Å². The fourth-order valence-corrected chi connectivity index (χ4v) is 2.42. The van der Waals surface area contributed by atoms with Crippen molar-refractivity contribution in [2.45, 2.75) is 11.4 Å². The van der Waals surface area contributed by atoms with Gasteiger partial charge in [-0.2, -0.15) is 5.26 Å². The molecule has 1 aromatic heterocycles. The molecule has 0 unspecified atom stereocenters. The van der Waals surface area contributed by atoms with E-state index in [1.165, 1.54) is 11.8 Å². The molecular formula is C13H10ClN3OS. The van der Waals surface area contributed by atoms with Crippen molar-refractivity contribution >= 4 is 23.4 Å². The number of rotatable bonds is 3. The molecule has 0 aliphatic rings. The zero-order chi connectivity index (χ0) is 13.8. The molecule has 0 aliphatic carbocycles. The number of hydrogen-bond donors (Lipinski definition) is 1. The maximum absolute atomic E-state index is 11.8. The van der Waals surface area contributed by atoms with Gasteiger partial charge in [0.25, 0.3) is 5.56 Å². The van der Waals surface area contributed by atoms with Crippen LogP contribution in [0.2, 0.25) is 5.02 Å². The Hall–Kier alpha value is -1.77. The highest BCUT2D eigenvalue weighted by atomic mass is 35.5. The number of nitrogens with zero attached hydrogens (tertiary/aromatic N) is 2. The lowest BCUT2D eigenvalue weighted by Crippen LogP contribution is -2.16. The van der Waals surface area contributed by atoms with E-state index in [1.54, 1.807) is 12.3 Å². The van der Waals surface area contributed by atoms with Crippen LogP contribution in [0.25, 0.3) is 0 Å². The van der Waals surface area contributed by atoms with Gasteiger partial charge in [-0.1, -0.05) is 23.7 Å². The fourth-order valence-electron chi connectivity index (χ4n) is 1.67. The summed E-state index contributed by atoms with van der Waals surface area (Å²) < 4.78 is 0. The third-order valence-electron chi connectivity index (χ3n) is 2.50. The van der Waals surface area contributed by atoms with Gasteiger partial charge >= 0.3 is 0 Å². The molecule has 0 spiro atoms. The minimum atomic E-state index is -0.404. The van der Waals surface area contributed by atoms with E-state index >= 15 is 0 Å². The molecule has 6 heteroatoms. The second-order valence-corrected chi connectivity index (χ2v) is 5.05. The van der Waals surface area contributed by atoms with Gasteiger partial charge < -0.3 is 4.98 Å². The van der Waals surface area contributed by atoms with Gasteiger partial charge in [-0.05, 0) is 24.0 Å². The molecular weight excluding hydrogens is 282 g/mol. The first-order valence-corrected chi connectivity index (χ1v) is 7.06. The molecule has 96 valence electrons. The molecule has 0 aliphatic heterocycles. The van der Waals surface area contributed by atoms with Crippen molar-refractivity contribution in [3.8, 4) is 6.07 Å². The molecule has 0 saturated heterocycles. The Kier molecular flexibility index (Phi) is 4.25. The zero-order valence-electron chi connectivity index (χ0n) is 10.1. The third-order valence-corrected chi connectivity index (χ3v) is 3.42. The SMILES string of the molecule is CSc1nc(Cc2cccc(Cl)c2)[nH]c(=O)c1C#N. The van der Waals surface area contributed by atoms with Crippen LogP contribution in [0, 0.1) is 11.3 Å². The first-order valence-electron chi connectivity index (χ1n) is 5.45. The Balaban J connectivity index is 2.40. The van der Waals surface area contributed by atoms with Crippen molar-refractivity contribution in [1.82, 2.24) is 9.97 Å². The Labute approximate surface area is 119 Å². The normalized spacial score (nSPS) is 10.2. The van der Waals surface area contributed by atoms with Crippen molar-refractivity contribution in [3.05, 3.63) is 56.6 Å². The first-order chi connectivity index (χ1) is 9.13. The van der Waals surface area contributed by atoms with Crippen LogP contribution >= 0.6 is 23.4 Å². The Bertz CT molecular complexity index is 706. The summed E-state index contributed by atoms with van der Waals surface area (Å²) in [4.78, 5) is 18.7. The average Bonchev–Trinajstić information content (AvgIpc) is 2.38. The number of nitrogens with one attached hydrogen (secondary N) is 1. The molecule has 0 saturated carbocycles. The molecule has 0 bridgehead atoms. The van der Waals surface area contributed by atoms with Gasteiger partial charge in [0, 0.05) is 11.4 Å². The molecule has 1 heterocycles. The van der Waals surface area contributed by atoms with Crippen molar-refractivity contribution in [2.75, 3.05) is 6.26 Å². The summed E-state index contributed by atoms with van der Waals surface area (Å²) >= 11 is 7.19. The zero-order valence-corrected chi connectivity index (χ0v) is 11.7. The summed E-state index contributed by atoms with van der Waals surface area (Å²) in [6, 6.07) is 9.22. The summed E-state index contributed by atoms with van der Waals surface area (Å²) in [7, 11) is 0. The molecule has 2 aromatic rings. The fraction of sp³-hybridized carbons (Fsp3) is 0.154. The van der Waals surface area contributed by atoms with Gasteiger partial charge in [0.2, 0.25) is 0 Å². The van der Waals surface area contributed by atoms with Crippen LogP contribution in [0.1, 0.15) is 17.0 Å². The number of halogens is 1. The molecule has 0 amide bonds. The van der Waals surface area contributed by atoms with Crippen LogP contribution in [0.15, 0.2) is 34.1 Å². The number of nitriles is 1. The van der Waals surface area contributed by atoms with E-state index in [0.29, 0.717) is 22.3 Å².